The van der Waals surface area contributed by atoms with E-state index in [2.05, 4.69) is 0 Å². The van der Waals surface area contributed by atoms with Crippen LogP contribution in [0, 0.1) is 6.92 Å². The van der Waals surface area contributed by atoms with Crippen LogP contribution in [0.2, 0.25) is 0 Å². The summed E-state index contributed by atoms with van der Waals surface area (Å²) >= 11 is 0. The third kappa shape index (κ3) is 3.61. The molecule has 5 nitrogen and oxygen atoms in total. The van der Waals surface area contributed by atoms with E-state index in [0.29, 0.717) is 31.7 Å². The van der Waals surface area contributed by atoms with Gasteiger partial charge in [-0.15, -0.1) is 0 Å². The fourth-order valence-corrected chi connectivity index (χ4v) is 3.01. The van der Waals surface area contributed by atoms with Gasteiger partial charge in [0.15, 0.2) is 0 Å². The first-order valence-corrected chi connectivity index (χ1v) is 8.12. The van der Waals surface area contributed by atoms with Gasteiger partial charge in [0, 0.05) is 19.2 Å². The summed E-state index contributed by atoms with van der Waals surface area (Å²) in [6, 6.07) is 5.21. The molecule has 2 rings (SSSR count). The molecule has 0 atom stereocenters. The predicted octanol–water partition coefficient (Wildman–Crippen LogP) is 1.50. The molecule has 0 spiro atoms. The van der Waals surface area contributed by atoms with Gasteiger partial charge in [-0.3, -0.25) is 0 Å². The molecule has 0 amide bonds. The molecule has 1 aromatic rings. The molecular formula is C13H19NO4S. The lowest BCUT2D eigenvalue weighted by Gasteiger charge is -2.30. The van der Waals surface area contributed by atoms with Crippen LogP contribution in [0.4, 0.5) is 0 Å². The summed E-state index contributed by atoms with van der Waals surface area (Å²) < 4.78 is 30.0. The van der Waals surface area contributed by atoms with Crippen molar-refractivity contribution < 1.29 is 18.3 Å². The number of hydrogen-bond acceptors (Lipinski definition) is 4. The quantitative estimate of drug-likeness (QED) is 0.914. The van der Waals surface area contributed by atoms with Crippen molar-refractivity contribution in [3.8, 4) is 11.5 Å². The molecule has 6 heteroatoms. The van der Waals surface area contributed by atoms with E-state index in [1.807, 2.05) is 13.0 Å². The molecule has 1 heterocycles. The number of hydrogen-bond donors (Lipinski definition) is 1. The van der Waals surface area contributed by atoms with Crippen LogP contribution >= 0.6 is 0 Å². The summed E-state index contributed by atoms with van der Waals surface area (Å²) in [7, 11) is -3.10. The van der Waals surface area contributed by atoms with Crippen LogP contribution in [0.25, 0.3) is 0 Å². The van der Waals surface area contributed by atoms with Crippen LogP contribution in [0.15, 0.2) is 18.2 Å². The number of benzene rings is 1. The van der Waals surface area contributed by atoms with E-state index in [1.54, 1.807) is 12.1 Å². The number of phenolic OH excluding ortho intramolecular Hbond substituents is 1. The Bertz CT molecular complexity index is 548. The largest absolute Gasteiger partial charge is 0.508 e. The molecule has 1 saturated heterocycles. The fraction of sp³-hybridized carbons (Fsp3) is 0.538. The van der Waals surface area contributed by atoms with Gasteiger partial charge in [0.05, 0.1) is 6.26 Å². The maximum Gasteiger partial charge on any atom is 0.211 e. The van der Waals surface area contributed by atoms with E-state index < -0.39 is 10.0 Å². The smallest absolute Gasteiger partial charge is 0.211 e. The highest BCUT2D eigenvalue weighted by molar-refractivity contribution is 7.88. The second-order valence-corrected chi connectivity index (χ2v) is 6.91. The van der Waals surface area contributed by atoms with E-state index in [0.717, 1.165) is 5.56 Å². The fourth-order valence-electron chi connectivity index (χ4n) is 2.14. The lowest BCUT2D eigenvalue weighted by Crippen LogP contribution is -2.41. The number of aromatic hydroxyl groups is 1. The first kappa shape index (κ1) is 14.1. The van der Waals surface area contributed by atoms with E-state index in [1.165, 1.54) is 10.6 Å². The van der Waals surface area contributed by atoms with Gasteiger partial charge in [0.25, 0.3) is 0 Å². The SMILES string of the molecule is Cc1ccc(OC2CCN(S(C)(=O)=O)CC2)cc1O. The second kappa shape index (κ2) is 5.38. The molecule has 0 aromatic heterocycles. The van der Waals surface area contributed by atoms with Gasteiger partial charge in [0.2, 0.25) is 10.0 Å². The van der Waals surface area contributed by atoms with Crippen molar-refractivity contribution in [2.75, 3.05) is 19.3 Å². The number of phenols is 1. The Hall–Kier alpha value is -1.27. The van der Waals surface area contributed by atoms with Crippen molar-refractivity contribution in [3.05, 3.63) is 23.8 Å². The van der Waals surface area contributed by atoms with Crippen LogP contribution in [0.3, 0.4) is 0 Å². The topological polar surface area (TPSA) is 66.8 Å². The predicted molar refractivity (Wildman–Crippen MR) is 72.9 cm³/mol. The Morgan fingerprint density at radius 1 is 1.32 bits per heavy atom. The number of nitrogens with zero attached hydrogens (tertiary/aromatic N) is 1. The number of aryl methyl sites for hydroxylation is 1. The lowest BCUT2D eigenvalue weighted by atomic mass is 10.1. The highest BCUT2D eigenvalue weighted by atomic mass is 32.2. The van der Waals surface area contributed by atoms with Crippen LogP contribution in [0.1, 0.15) is 18.4 Å². The van der Waals surface area contributed by atoms with Crippen molar-refractivity contribution in [3.63, 3.8) is 0 Å². The summed E-state index contributed by atoms with van der Waals surface area (Å²) in [6.07, 6.45) is 2.57. The van der Waals surface area contributed by atoms with Crippen LogP contribution in [-0.2, 0) is 10.0 Å². The average molecular weight is 285 g/mol. The van der Waals surface area contributed by atoms with Gasteiger partial charge in [-0.05, 0) is 31.4 Å². The van der Waals surface area contributed by atoms with Gasteiger partial charge < -0.3 is 9.84 Å². The zero-order valence-electron chi connectivity index (χ0n) is 11.2. The van der Waals surface area contributed by atoms with E-state index >= 15 is 0 Å². The molecule has 1 fully saturated rings. The monoisotopic (exact) mass is 285 g/mol. The zero-order valence-corrected chi connectivity index (χ0v) is 12.0. The maximum absolute atomic E-state index is 11.4. The molecule has 106 valence electrons. The zero-order chi connectivity index (χ0) is 14.0. The molecule has 0 radical (unpaired) electrons. The summed E-state index contributed by atoms with van der Waals surface area (Å²) in [5, 5.41) is 9.61. The van der Waals surface area contributed by atoms with Gasteiger partial charge in [0.1, 0.15) is 17.6 Å². The normalized spacial score (nSPS) is 18.4. The maximum atomic E-state index is 11.4. The third-order valence-corrected chi connectivity index (χ3v) is 4.66. The highest BCUT2D eigenvalue weighted by Crippen LogP contribution is 2.25. The van der Waals surface area contributed by atoms with Crippen molar-refractivity contribution in [1.82, 2.24) is 4.31 Å². The summed E-state index contributed by atoms with van der Waals surface area (Å²) in [5.41, 5.74) is 0.805. The lowest BCUT2D eigenvalue weighted by molar-refractivity contribution is 0.135. The minimum absolute atomic E-state index is 0.0000983. The molecule has 1 aromatic carbocycles. The average Bonchev–Trinajstić information content (AvgIpc) is 2.33. The van der Waals surface area contributed by atoms with E-state index in [9.17, 15) is 13.5 Å². The molecular weight excluding hydrogens is 266 g/mol. The Morgan fingerprint density at radius 3 is 2.47 bits per heavy atom. The first-order valence-electron chi connectivity index (χ1n) is 6.27. The molecule has 1 aliphatic heterocycles. The molecule has 0 unspecified atom stereocenters. The second-order valence-electron chi connectivity index (χ2n) is 4.93. The Balaban J connectivity index is 1.94. The van der Waals surface area contributed by atoms with E-state index in [4.69, 9.17) is 4.74 Å². The molecule has 1 aliphatic rings. The summed E-state index contributed by atoms with van der Waals surface area (Å²) in [4.78, 5) is 0. The Kier molecular flexibility index (Phi) is 4.01. The number of piperidine rings is 1. The van der Waals surface area contributed by atoms with Crippen molar-refractivity contribution in [1.29, 1.82) is 0 Å². The van der Waals surface area contributed by atoms with Crippen LogP contribution in [-0.4, -0.2) is 43.3 Å². The minimum atomic E-state index is -3.10. The molecule has 19 heavy (non-hydrogen) atoms. The van der Waals surface area contributed by atoms with Gasteiger partial charge >= 0.3 is 0 Å². The summed E-state index contributed by atoms with van der Waals surface area (Å²) in [5.74, 6) is 0.840. The van der Waals surface area contributed by atoms with Gasteiger partial charge in [-0.2, -0.15) is 0 Å². The van der Waals surface area contributed by atoms with Crippen molar-refractivity contribution >= 4 is 10.0 Å². The first-order chi connectivity index (χ1) is 8.86. The molecule has 0 saturated carbocycles. The van der Waals surface area contributed by atoms with E-state index in [-0.39, 0.29) is 11.9 Å². The molecule has 0 aliphatic carbocycles. The number of ether oxygens (including phenoxy) is 1. The number of sulfonamides is 1. The highest BCUT2D eigenvalue weighted by Gasteiger charge is 2.25. The minimum Gasteiger partial charge on any atom is -0.508 e. The van der Waals surface area contributed by atoms with Crippen LogP contribution < -0.4 is 4.74 Å². The van der Waals surface area contributed by atoms with Crippen molar-refractivity contribution in [2.24, 2.45) is 0 Å². The molecule has 0 bridgehead atoms. The third-order valence-electron chi connectivity index (χ3n) is 3.35. The van der Waals surface area contributed by atoms with Gasteiger partial charge in [-0.1, -0.05) is 6.07 Å². The Labute approximate surface area is 113 Å². The number of rotatable bonds is 3. The Morgan fingerprint density at radius 2 is 1.95 bits per heavy atom. The summed E-state index contributed by atoms with van der Waals surface area (Å²) in [6.45, 7) is 2.80. The van der Waals surface area contributed by atoms with Crippen molar-refractivity contribution in [2.45, 2.75) is 25.9 Å². The molecule has 1 N–H and O–H groups in total. The van der Waals surface area contributed by atoms with Gasteiger partial charge in [-0.25, -0.2) is 12.7 Å². The van der Waals surface area contributed by atoms with Crippen LogP contribution in [0.5, 0.6) is 11.5 Å². The standard InChI is InChI=1S/C13H19NO4S/c1-10-3-4-12(9-13(10)15)18-11-5-7-14(8-6-11)19(2,16)17/h3-4,9,11,15H,5-8H2,1-2H3.